The third-order valence-electron chi connectivity index (χ3n) is 5.70. The number of benzene rings is 1. The molecule has 188 valence electrons. The van der Waals surface area contributed by atoms with Crippen molar-refractivity contribution in [3.8, 4) is 0 Å². The van der Waals surface area contributed by atoms with E-state index in [-0.39, 0.29) is 31.0 Å². The second-order valence-electron chi connectivity index (χ2n) is 9.04. The summed E-state index contributed by atoms with van der Waals surface area (Å²) in [6, 6.07) is 8.11. The highest BCUT2D eigenvalue weighted by Crippen LogP contribution is 2.23. The predicted molar refractivity (Wildman–Crippen MR) is 137 cm³/mol. The number of aryl methyl sites for hydroxylation is 1. The molecule has 0 saturated carbocycles. The van der Waals surface area contributed by atoms with Gasteiger partial charge in [0.2, 0.25) is 5.95 Å². The second-order valence-corrected chi connectivity index (χ2v) is 9.04. The molecule has 2 aromatic rings. The molecular formula is C26H41N5O3. The van der Waals surface area contributed by atoms with Gasteiger partial charge in [-0.05, 0) is 64.4 Å². The minimum absolute atomic E-state index is 0.118. The Labute approximate surface area is 203 Å². The Morgan fingerprint density at radius 3 is 2.50 bits per heavy atom. The van der Waals surface area contributed by atoms with Gasteiger partial charge in [-0.15, -0.1) is 0 Å². The zero-order valence-corrected chi connectivity index (χ0v) is 21.1. The summed E-state index contributed by atoms with van der Waals surface area (Å²) in [5.74, 6) is 0.759. The lowest BCUT2D eigenvalue weighted by Crippen LogP contribution is -2.23. The van der Waals surface area contributed by atoms with Crippen LogP contribution in [0.5, 0.6) is 0 Å². The summed E-state index contributed by atoms with van der Waals surface area (Å²) in [5.41, 5.74) is 9.75. The Morgan fingerprint density at radius 2 is 1.85 bits per heavy atom. The molecule has 0 bridgehead atoms. The van der Waals surface area contributed by atoms with E-state index in [0.29, 0.717) is 19.4 Å². The third-order valence-corrected chi connectivity index (χ3v) is 5.70. The summed E-state index contributed by atoms with van der Waals surface area (Å²) >= 11 is 0. The number of nitrogens with zero attached hydrogens (tertiary/aromatic N) is 3. The number of nitrogens with one attached hydrogen (secondary N) is 1. The largest absolute Gasteiger partial charge is 0.465 e. The van der Waals surface area contributed by atoms with Crippen molar-refractivity contribution in [1.29, 1.82) is 0 Å². The van der Waals surface area contributed by atoms with Gasteiger partial charge in [0.15, 0.2) is 0 Å². The number of carbonyl (C=O) groups excluding carboxylic acids is 1. The van der Waals surface area contributed by atoms with Gasteiger partial charge in [-0.1, -0.05) is 37.6 Å². The molecule has 1 heterocycles. The molecule has 4 N–H and O–H groups in total. The molecule has 8 heteroatoms. The maximum Gasteiger partial charge on any atom is 0.310 e. The Morgan fingerprint density at radius 1 is 1.15 bits per heavy atom. The smallest absolute Gasteiger partial charge is 0.310 e. The number of unbranched alkanes of at least 4 members (excludes halogenated alkanes) is 1. The molecule has 0 saturated heterocycles. The summed E-state index contributed by atoms with van der Waals surface area (Å²) in [6.07, 6.45) is 5.39. The molecule has 0 fully saturated rings. The van der Waals surface area contributed by atoms with Crippen molar-refractivity contribution in [2.45, 2.75) is 64.8 Å². The van der Waals surface area contributed by atoms with Crippen LogP contribution in [-0.4, -0.2) is 65.8 Å². The molecule has 8 nitrogen and oxygen atoms in total. The normalized spacial score (nSPS) is 12.1. The maximum atomic E-state index is 12.1. The van der Waals surface area contributed by atoms with Gasteiger partial charge in [-0.3, -0.25) is 4.79 Å². The minimum Gasteiger partial charge on any atom is -0.465 e. The van der Waals surface area contributed by atoms with Crippen LogP contribution >= 0.6 is 0 Å². The summed E-state index contributed by atoms with van der Waals surface area (Å²) in [6.45, 7) is 5.63. The highest BCUT2D eigenvalue weighted by Gasteiger charge is 2.16. The van der Waals surface area contributed by atoms with Gasteiger partial charge in [-0.2, -0.15) is 4.98 Å². The first-order chi connectivity index (χ1) is 16.3. The van der Waals surface area contributed by atoms with E-state index < -0.39 is 0 Å². The molecule has 0 aliphatic heterocycles. The average molecular weight is 472 g/mol. The molecule has 0 aliphatic rings. The van der Waals surface area contributed by atoms with Gasteiger partial charge in [-0.25, -0.2) is 4.98 Å². The molecule has 1 aromatic carbocycles. The molecule has 0 unspecified atom stereocenters. The van der Waals surface area contributed by atoms with Crippen molar-refractivity contribution in [1.82, 2.24) is 14.9 Å². The van der Waals surface area contributed by atoms with Crippen molar-refractivity contribution in [3.05, 3.63) is 46.6 Å². The lowest BCUT2D eigenvalue weighted by Gasteiger charge is -2.21. The Kier molecular flexibility index (Phi) is 11.8. The van der Waals surface area contributed by atoms with Gasteiger partial charge in [0, 0.05) is 30.3 Å². The summed E-state index contributed by atoms with van der Waals surface area (Å²) < 4.78 is 5.36. The number of ether oxygens (including phenoxy) is 1. The molecule has 0 amide bonds. The van der Waals surface area contributed by atoms with Gasteiger partial charge in [0.1, 0.15) is 5.82 Å². The number of nitrogen functional groups attached to an aromatic ring is 1. The number of aromatic nitrogens is 2. The number of aliphatic hydroxyl groups excluding tert-OH is 1. The van der Waals surface area contributed by atoms with Crippen LogP contribution in [0.15, 0.2) is 24.3 Å². The first kappa shape index (κ1) is 27.5. The molecule has 2 rings (SSSR count). The number of hydrogen-bond acceptors (Lipinski definition) is 8. The standard InChI is InChI=1S/C26H41N5O3/c1-5-8-22(13-15-32)29-25-23(19(2)28-26(27)30-25)17-20-9-11-21(12-10-20)18-24(33)34-16-7-6-14-31(3)4/h9-12,22,32H,5-8,13-18H2,1-4H3,(H3,27,28,29,30)/t22-/m0/s1. The first-order valence-electron chi connectivity index (χ1n) is 12.2. The lowest BCUT2D eigenvalue weighted by atomic mass is 10.0. The second kappa shape index (κ2) is 14.5. The van der Waals surface area contributed by atoms with Gasteiger partial charge >= 0.3 is 5.97 Å². The lowest BCUT2D eigenvalue weighted by molar-refractivity contribution is -0.142. The van der Waals surface area contributed by atoms with Gasteiger partial charge in [0.05, 0.1) is 13.0 Å². The number of nitrogens with two attached hydrogens (primary N) is 1. The van der Waals surface area contributed by atoms with Crippen LogP contribution < -0.4 is 11.1 Å². The topological polar surface area (TPSA) is 114 Å². The molecule has 34 heavy (non-hydrogen) atoms. The molecule has 0 radical (unpaired) electrons. The van der Waals surface area contributed by atoms with Crippen molar-refractivity contribution < 1.29 is 14.6 Å². The van der Waals surface area contributed by atoms with Crippen molar-refractivity contribution >= 4 is 17.7 Å². The SMILES string of the molecule is CCC[C@@H](CCO)Nc1nc(N)nc(C)c1Cc1ccc(CC(=O)OCCCCN(C)C)cc1. The van der Waals surface area contributed by atoms with E-state index in [1.165, 1.54) is 0 Å². The quantitative estimate of drug-likeness (QED) is 0.268. The Hall–Kier alpha value is -2.71. The van der Waals surface area contributed by atoms with E-state index >= 15 is 0 Å². The van der Waals surface area contributed by atoms with Gasteiger partial charge in [0.25, 0.3) is 0 Å². The molecular weight excluding hydrogens is 430 g/mol. The predicted octanol–water partition coefficient (Wildman–Crippen LogP) is 3.35. The number of hydrogen-bond donors (Lipinski definition) is 3. The summed E-state index contributed by atoms with van der Waals surface area (Å²) in [5, 5.41) is 12.9. The molecule has 1 aromatic heterocycles. The number of aliphatic hydroxyl groups is 1. The zero-order valence-electron chi connectivity index (χ0n) is 21.1. The Bertz CT molecular complexity index is 881. The average Bonchev–Trinajstić information content (AvgIpc) is 2.77. The summed E-state index contributed by atoms with van der Waals surface area (Å²) in [4.78, 5) is 23.1. The van der Waals surface area contributed by atoms with E-state index in [4.69, 9.17) is 10.5 Å². The monoisotopic (exact) mass is 471 g/mol. The highest BCUT2D eigenvalue weighted by atomic mass is 16.5. The number of rotatable bonds is 15. The Balaban J connectivity index is 2.00. The fourth-order valence-corrected chi connectivity index (χ4v) is 3.85. The molecule has 0 spiro atoms. The van der Waals surface area contributed by atoms with Crippen LogP contribution in [0.2, 0.25) is 0 Å². The number of esters is 1. The first-order valence-corrected chi connectivity index (χ1v) is 12.2. The number of anilines is 2. The zero-order chi connectivity index (χ0) is 24.9. The van der Waals surface area contributed by atoms with E-state index in [1.807, 2.05) is 45.3 Å². The van der Waals surface area contributed by atoms with Crippen LogP contribution in [0.25, 0.3) is 0 Å². The van der Waals surface area contributed by atoms with Gasteiger partial charge < -0.3 is 25.8 Å². The highest BCUT2D eigenvalue weighted by molar-refractivity contribution is 5.72. The van der Waals surface area contributed by atoms with Crippen LogP contribution in [-0.2, 0) is 22.4 Å². The minimum atomic E-state index is -0.197. The van der Waals surface area contributed by atoms with E-state index in [9.17, 15) is 9.90 Å². The fraction of sp³-hybridized carbons (Fsp3) is 0.577. The summed E-state index contributed by atoms with van der Waals surface area (Å²) in [7, 11) is 4.07. The molecule has 1 atom stereocenters. The number of carbonyl (C=O) groups is 1. The van der Waals surface area contributed by atoms with Crippen molar-refractivity contribution in [2.24, 2.45) is 0 Å². The van der Waals surface area contributed by atoms with Crippen LogP contribution in [0, 0.1) is 6.92 Å². The fourth-order valence-electron chi connectivity index (χ4n) is 3.85. The van der Waals surface area contributed by atoms with E-state index in [2.05, 4.69) is 27.1 Å². The van der Waals surface area contributed by atoms with Crippen LogP contribution in [0.1, 0.15) is 61.4 Å². The van der Waals surface area contributed by atoms with Crippen molar-refractivity contribution in [2.75, 3.05) is 44.9 Å². The van der Waals surface area contributed by atoms with E-state index in [1.54, 1.807) is 0 Å². The van der Waals surface area contributed by atoms with Crippen LogP contribution in [0.4, 0.5) is 11.8 Å². The molecule has 0 aliphatic carbocycles. The van der Waals surface area contributed by atoms with Crippen LogP contribution in [0.3, 0.4) is 0 Å². The van der Waals surface area contributed by atoms with E-state index in [0.717, 1.165) is 60.4 Å². The maximum absolute atomic E-state index is 12.1. The third kappa shape index (κ3) is 9.65. The van der Waals surface area contributed by atoms with Crippen molar-refractivity contribution in [3.63, 3.8) is 0 Å².